The van der Waals surface area contributed by atoms with Gasteiger partial charge in [0.05, 0.1) is 6.54 Å². The van der Waals surface area contributed by atoms with Crippen molar-refractivity contribution < 1.29 is 14.3 Å². The number of carbonyl (C=O) groups is 2. The van der Waals surface area contributed by atoms with Crippen LogP contribution in [0.25, 0.3) is 0 Å². The molecule has 0 aliphatic carbocycles. The number of carbonyl (C=O) groups excluding carboxylic acids is 2. The van der Waals surface area contributed by atoms with Crippen molar-refractivity contribution in [2.24, 2.45) is 0 Å². The Morgan fingerprint density at radius 3 is 2.68 bits per heavy atom. The van der Waals surface area contributed by atoms with Gasteiger partial charge < -0.3 is 15.0 Å². The number of hydrogen-bond donors (Lipinski definition) is 1. The van der Waals surface area contributed by atoms with E-state index in [-0.39, 0.29) is 11.8 Å². The van der Waals surface area contributed by atoms with Crippen molar-refractivity contribution in [3.05, 3.63) is 88.1 Å². The summed E-state index contributed by atoms with van der Waals surface area (Å²) in [5.74, 6) is -0.195. The molecule has 31 heavy (non-hydrogen) atoms. The van der Waals surface area contributed by atoms with E-state index in [1.54, 1.807) is 35.6 Å². The fourth-order valence-corrected chi connectivity index (χ4v) is 4.39. The highest BCUT2D eigenvalue weighted by atomic mass is 32.1. The predicted octanol–water partition coefficient (Wildman–Crippen LogP) is 4.75. The van der Waals surface area contributed by atoms with E-state index in [0.29, 0.717) is 30.9 Å². The molecule has 1 N–H and O–H groups in total. The van der Waals surface area contributed by atoms with Crippen molar-refractivity contribution in [3.8, 4) is 0 Å². The molecule has 1 aliphatic heterocycles. The lowest BCUT2D eigenvalue weighted by Gasteiger charge is -2.23. The van der Waals surface area contributed by atoms with Crippen LogP contribution in [0.4, 0.5) is 5.69 Å². The van der Waals surface area contributed by atoms with Crippen LogP contribution in [0.2, 0.25) is 0 Å². The number of rotatable bonds is 8. The Hall–Kier alpha value is -2.96. The van der Waals surface area contributed by atoms with Crippen molar-refractivity contribution in [1.29, 1.82) is 0 Å². The molecule has 0 saturated carbocycles. The zero-order valence-corrected chi connectivity index (χ0v) is 18.1. The molecule has 2 amide bonds. The summed E-state index contributed by atoms with van der Waals surface area (Å²) in [6.45, 7) is 1.80. The summed E-state index contributed by atoms with van der Waals surface area (Å²) in [6, 6.07) is 21.4. The third-order valence-electron chi connectivity index (χ3n) is 5.33. The highest BCUT2D eigenvalue weighted by Crippen LogP contribution is 2.19. The van der Waals surface area contributed by atoms with Gasteiger partial charge in [0.2, 0.25) is 0 Å². The van der Waals surface area contributed by atoms with Gasteiger partial charge in [0, 0.05) is 29.3 Å². The molecule has 1 saturated heterocycles. The van der Waals surface area contributed by atoms with Crippen LogP contribution >= 0.6 is 11.3 Å². The van der Waals surface area contributed by atoms with Gasteiger partial charge in [-0.25, -0.2) is 0 Å². The maximum atomic E-state index is 13.4. The van der Waals surface area contributed by atoms with Gasteiger partial charge in [-0.3, -0.25) is 9.59 Å². The minimum atomic E-state index is -0.402. The first kappa shape index (κ1) is 21.3. The molecule has 3 aromatic rings. The smallest absolute Gasteiger partial charge is 0.254 e. The average molecular weight is 435 g/mol. The first-order valence-electron chi connectivity index (χ1n) is 10.6. The van der Waals surface area contributed by atoms with E-state index in [9.17, 15) is 9.59 Å². The predicted molar refractivity (Wildman–Crippen MR) is 123 cm³/mol. The van der Waals surface area contributed by atoms with Crippen LogP contribution in [-0.2, 0) is 22.5 Å². The molecule has 0 radical (unpaired) electrons. The summed E-state index contributed by atoms with van der Waals surface area (Å²) in [5.41, 5.74) is 2.38. The van der Waals surface area contributed by atoms with Gasteiger partial charge in [-0.15, -0.1) is 11.3 Å². The molecule has 0 unspecified atom stereocenters. The maximum Gasteiger partial charge on any atom is 0.254 e. The van der Waals surface area contributed by atoms with Crippen LogP contribution in [0.1, 0.15) is 33.6 Å². The molecular formula is C25H26N2O3S. The van der Waals surface area contributed by atoms with Crippen LogP contribution < -0.4 is 5.32 Å². The summed E-state index contributed by atoms with van der Waals surface area (Å²) in [5, 5.41) is 4.91. The molecule has 5 nitrogen and oxygen atoms in total. The second-order valence-corrected chi connectivity index (χ2v) is 8.65. The van der Waals surface area contributed by atoms with E-state index >= 15 is 0 Å². The SMILES string of the molecule is O=C(Nc1cccc(C(=O)N(CCc2ccccc2)Cc2cccs2)c1)[C@H]1CCCO1. The number of ether oxygens (including phenoxy) is 1. The van der Waals surface area contributed by atoms with Crippen molar-refractivity contribution in [2.45, 2.75) is 31.9 Å². The fourth-order valence-electron chi connectivity index (χ4n) is 3.67. The number of hydrogen-bond acceptors (Lipinski definition) is 4. The minimum Gasteiger partial charge on any atom is -0.368 e. The van der Waals surface area contributed by atoms with E-state index in [2.05, 4.69) is 17.4 Å². The van der Waals surface area contributed by atoms with E-state index < -0.39 is 6.10 Å². The molecular weight excluding hydrogens is 408 g/mol. The Kier molecular flexibility index (Phi) is 7.12. The zero-order chi connectivity index (χ0) is 21.5. The van der Waals surface area contributed by atoms with E-state index in [1.165, 1.54) is 5.56 Å². The number of thiophene rings is 1. The number of anilines is 1. The van der Waals surface area contributed by atoms with E-state index in [1.807, 2.05) is 40.6 Å². The van der Waals surface area contributed by atoms with Gasteiger partial charge >= 0.3 is 0 Å². The van der Waals surface area contributed by atoms with Crippen LogP contribution in [0, 0.1) is 0 Å². The lowest BCUT2D eigenvalue weighted by Crippen LogP contribution is -2.32. The summed E-state index contributed by atoms with van der Waals surface area (Å²) < 4.78 is 5.45. The van der Waals surface area contributed by atoms with Gasteiger partial charge in [0.25, 0.3) is 11.8 Å². The van der Waals surface area contributed by atoms with Crippen molar-refractivity contribution in [3.63, 3.8) is 0 Å². The number of nitrogens with one attached hydrogen (secondary N) is 1. The summed E-state index contributed by atoms with van der Waals surface area (Å²) in [7, 11) is 0. The third-order valence-corrected chi connectivity index (χ3v) is 6.19. The lowest BCUT2D eigenvalue weighted by atomic mass is 10.1. The van der Waals surface area contributed by atoms with Gasteiger partial charge in [-0.05, 0) is 54.5 Å². The largest absolute Gasteiger partial charge is 0.368 e. The molecule has 2 heterocycles. The molecule has 0 bridgehead atoms. The molecule has 1 aromatic heterocycles. The van der Waals surface area contributed by atoms with Gasteiger partial charge in [0.15, 0.2) is 0 Å². The van der Waals surface area contributed by atoms with Crippen molar-refractivity contribution >= 4 is 28.8 Å². The molecule has 1 fully saturated rings. The Morgan fingerprint density at radius 2 is 1.94 bits per heavy atom. The van der Waals surface area contributed by atoms with E-state index in [0.717, 1.165) is 24.1 Å². The van der Waals surface area contributed by atoms with Crippen molar-refractivity contribution in [2.75, 3.05) is 18.5 Å². The molecule has 1 atom stereocenters. The second-order valence-electron chi connectivity index (χ2n) is 7.61. The molecule has 1 aliphatic rings. The second kappa shape index (κ2) is 10.4. The first-order valence-corrected chi connectivity index (χ1v) is 11.4. The number of benzene rings is 2. The molecule has 2 aromatic carbocycles. The molecule has 160 valence electrons. The molecule has 0 spiro atoms. The topological polar surface area (TPSA) is 58.6 Å². The summed E-state index contributed by atoms with van der Waals surface area (Å²) >= 11 is 1.65. The van der Waals surface area contributed by atoms with Gasteiger partial charge in [-0.1, -0.05) is 42.5 Å². The summed E-state index contributed by atoms with van der Waals surface area (Å²) in [6.07, 6.45) is 2.02. The average Bonchev–Trinajstić information content (AvgIpc) is 3.51. The summed E-state index contributed by atoms with van der Waals surface area (Å²) in [4.78, 5) is 28.8. The van der Waals surface area contributed by atoms with Gasteiger partial charge in [-0.2, -0.15) is 0 Å². The van der Waals surface area contributed by atoms with Crippen LogP contribution in [-0.4, -0.2) is 36.0 Å². The Morgan fingerprint density at radius 1 is 1.06 bits per heavy atom. The third kappa shape index (κ3) is 5.81. The monoisotopic (exact) mass is 434 g/mol. The Bertz CT molecular complexity index is 999. The number of nitrogens with zero attached hydrogens (tertiary/aromatic N) is 1. The van der Waals surface area contributed by atoms with Crippen LogP contribution in [0.5, 0.6) is 0 Å². The van der Waals surface area contributed by atoms with Crippen LogP contribution in [0.15, 0.2) is 72.1 Å². The fraction of sp³-hybridized carbons (Fsp3) is 0.280. The minimum absolute atomic E-state index is 0.0439. The Labute approximate surface area is 186 Å². The first-order chi connectivity index (χ1) is 15.2. The van der Waals surface area contributed by atoms with E-state index in [4.69, 9.17) is 4.74 Å². The lowest BCUT2D eigenvalue weighted by molar-refractivity contribution is -0.124. The maximum absolute atomic E-state index is 13.4. The standard InChI is InChI=1S/C25H26N2O3S/c28-24(23-12-5-15-30-23)26-21-10-4-9-20(17-21)25(29)27(18-22-11-6-16-31-22)14-13-19-7-2-1-3-8-19/h1-4,6-11,16-17,23H,5,12-15,18H2,(H,26,28)/t23-/m1/s1. The quantitative estimate of drug-likeness (QED) is 0.557. The Balaban J connectivity index is 1.47. The van der Waals surface area contributed by atoms with Crippen LogP contribution in [0.3, 0.4) is 0 Å². The normalized spacial score (nSPS) is 15.5. The van der Waals surface area contributed by atoms with Crippen molar-refractivity contribution in [1.82, 2.24) is 4.90 Å². The number of amides is 2. The van der Waals surface area contributed by atoms with Gasteiger partial charge in [0.1, 0.15) is 6.10 Å². The molecule has 6 heteroatoms. The molecule has 4 rings (SSSR count). The zero-order valence-electron chi connectivity index (χ0n) is 17.3. The highest BCUT2D eigenvalue weighted by Gasteiger charge is 2.24. The highest BCUT2D eigenvalue weighted by molar-refractivity contribution is 7.09.